The van der Waals surface area contributed by atoms with Gasteiger partial charge in [0.2, 0.25) is 0 Å². The van der Waals surface area contributed by atoms with Crippen LogP contribution in [0.3, 0.4) is 0 Å². The van der Waals surface area contributed by atoms with Crippen molar-refractivity contribution < 1.29 is 18.3 Å². The highest BCUT2D eigenvalue weighted by molar-refractivity contribution is 8.00. The Morgan fingerprint density at radius 1 is 1.35 bits per heavy atom. The summed E-state index contributed by atoms with van der Waals surface area (Å²) in [5.41, 5.74) is 0.888. The van der Waals surface area contributed by atoms with E-state index in [0.29, 0.717) is 24.9 Å². The largest absolute Gasteiger partial charge is 0.490 e. The van der Waals surface area contributed by atoms with E-state index in [1.807, 2.05) is 11.8 Å². The summed E-state index contributed by atoms with van der Waals surface area (Å²) in [6.07, 6.45) is 2.45. The maximum Gasteiger partial charge on any atom is 0.387 e. The minimum atomic E-state index is -2.88. The molecule has 0 aliphatic carbocycles. The topological polar surface area (TPSA) is 54.9 Å². The van der Waals surface area contributed by atoms with Crippen LogP contribution in [-0.4, -0.2) is 43.3 Å². The molecule has 1 fully saturated rings. The SMILES string of the molecule is CCOc1cc(CNC(=NC)NCC2(C)CCCS2)ccc1OC(F)F. The molecule has 1 unspecified atom stereocenters. The number of ether oxygens (including phenoxy) is 2. The van der Waals surface area contributed by atoms with Crippen molar-refractivity contribution in [3.8, 4) is 11.5 Å². The van der Waals surface area contributed by atoms with Gasteiger partial charge in [-0.25, -0.2) is 0 Å². The molecular formula is C18H27F2N3O2S. The van der Waals surface area contributed by atoms with Gasteiger partial charge in [-0.2, -0.15) is 20.5 Å². The highest BCUT2D eigenvalue weighted by atomic mass is 32.2. The quantitative estimate of drug-likeness (QED) is 0.527. The molecule has 0 amide bonds. The number of alkyl halides is 2. The van der Waals surface area contributed by atoms with Gasteiger partial charge in [-0.3, -0.25) is 4.99 Å². The maximum absolute atomic E-state index is 12.5. The second-order valence-electron chi connectivity index (χ2n) is 6.27. The third-order valence-corrected chi connectivity index (χ3v) is 5.68. The second kappa shape index (κ2) is 9.85. The Bertz CT molecular complexity index is 608. The number of nitrogens with one attached hydrogen (secondary N) is 2. The average Bonchev–Trinajstić information content (AvgIpc) is 3.04. The lowest BCUT2D eigenvalue weighted by molar-refractivity contribution is -0.0514. The Morgan fingerprint density at radius 2 is 2.15 bits per heavy atom. The number of aliphatic imine (C=N–C) groups is 1. The molecule has 1 aliphatic heterocycles. The first-order valence-corrected chi connectivity index (χ1v) is 9.73. The molecule has 1 aromatic rings. The summed E-state index contributed by atoms with van der Waals surface area (Å²) < 4.78 is 35.1. The molecule has 1 saturated heterocycles. The van der Waals surface area contributed by atoms with E-state index in [2.05, 4.69) is 27.3 Å². The Morgan fingerprint density at radius 3 is 2.77 bits per heavy atom. The van der Waals surface area contributed by atoms with Gasteiger partial charge in [-0.05, 0) is 50.1 Å². The van der Waals surface area contributed by atoms with E-state index in [1.54, 1.807) is 26.1 Å². The summed E-state index contributed by atoms with van der Waals surface area (Å²) in [4.78, 5) is 4.24. The van der Waals surface area contributed by atoms with Gasteiger partial charge < -0.3 is 20.1 Å². The molecule has 0 spiro atoms. The van der Waals surface area contributed by atoms with Gasteiger partial charge in [-0.15, -0.1) is 0 Å². The van der Waals surface area contributed by atoms with E-state index in [9.17, 15) is 8.78 Å². The zero-order chi connectivity index (χ0) is 19.0. The van der Waals surface area contributed by atoms with Gasteiger partial charge in [0, 0.05) is 24.9 Å². The lowest BCUT2D eigenvalue weighted by Crippen LogP contribution is -2.43. The van der Waals surface area contributed by atoms with Crippen molar-refractivity contribution in [1.29, 1.82) is 0 Å². The van der Waals surface area contributed by atoms with Crippen LogP contribution in [0.1, 0.15) is 32.3 Å². The zero-order valence-electron chi connectivity index (χ0n) is 15.5. The standard InChI is InChI=1S/C18H27F2N3O2S/c1-4-24-15-10-13(6-7-14(15)25-16(19)20)11-22-17(21-3)23-12-18(2)8-5-9-26-18/h6-7,10,16H,4-5,8-9,11-12H2,1-3H3,(H2,21,22,23). The van der Waals surface area contributed by atoms with Gasteiger partial charge in [0.15, 0.2) is 17.5 Å². The van der Waals surface area contributed by atoms with Crippen molar-refractivity contribution in [2.45, 2.75) is 44.6 Å². The van der Waals surface area contributed by atoms with Crippen molar-refractivity contribution >= 4 is 17.7 Å². The van der Waals surface area contributed by atoms with Crippen molar-refractivity contribution in [3.05, 3.63) is 23.8 Å². The molecule has 1 heterocycles. The van der Waals surface area contributed by atoms with Gasteiger partial charge in [0.1, 0.15) is 0 Å². The number of hydrogen-bond acceptors (Lipinski definition) is 4. The third-order valence-electron chi connectivity index (χ3n) is 4.14. The molecule has 1 atom stereocenters. The summed E-state index contributed by atoms with van der Waals surface area (Å²) in [7, 11) is 1.73. The van der Waals surface area contributed by atoms with Crippen LogP contribution in [0.2, 0.25) is 0 Å². The van der Waals surface area contributed by atoms with Crippen LogP contribution in [0.5, 0.6) is 11.5 Å². The molecule has 2 rings (SSSR count). The van der Waals surface area contributed by atoms with Crippen LogP contribution in [-0.2, 0) is 6.54 Å². The normalized spacial score (nSPS) is 20.3. The molecule has 1 aromatic carbocycles. The summed E-state index contributed by atoms with van der Waals surface area (Å²) in [5, 5.41) is 6.60. The van der Waals surface area contributed by atoms with Crippen molar-refractivity contribution in [1.82, 2.24) is 10.6 Å². The molecule has 5 nitrogen and oxygen atoms in total. The summed E-state index contributed by atoms with van der Waals surface area (Å²) in [6.45, 7) is 2.90. The fraction of sp³-hybridized carbons (Fsp3) is 0.611. The van der Waals surface area contributed by atoms with E-state index in [1.165, 1.54) is 24.7 Å². The Balaban J connectivity index is 1.93. The van der Waals surface area contributed by atoms with Crippen molar-refractivity contribution in [2.24, 2.45) is 4.99 Å². The number of nitrogens with zero attached hydrogens (tertiary/aromatic N) is 1. The molecule has 26 heavy (non-hydrogen) atoms. The van der Waals surface area contributed by atoms with E-state index in [0.717, 1.165) is 12.1 Å². The van der Waals surface area contributed by atoms with Crippen LogP contribution in [0, 0.1) is 0 Å². The van der Waals surface area contributed by atoms with Gasteiger partial charge in [0.05, 0.1) is 6.61 Å². The van der Waals surface area contributed by atoms with Crippen LogP contribution in [0.25, 0.3) is 0 Å². The van der Waals surface area contributed by atoms with E-state index >= 15 is 0 Å². The number of benzene rings is 1. The number of thioether (sulfide) groups is 1. The van der Waals surface area contributed by atoms with E-state index in [4.69, 9.17) is 4.74 Å². The first-order chi connectivity index (χ1) is 12.5. The minimum Gasteiger partial charge on any atom is -0.490 e. The van der Waals surface area contributed by atoms with Crippen molar-refractivity contribution in [2.75, 3.05) is 26.0 Å². The van der Waals surface area contributed by atoms with E-state index < -0.39 is 6.61 Å². The molecule has 2 N–H and O–H groups in total. The van der Waals surface area contributed by atoms with Gasteiger partial charge >= 0.3 is 6.61 Å². The van der Waals surface area contributed by atoms with Crippen LogP contribution in [0.4, 0.5) is 8.78 Å². The molecule has 8 heteroatoms. The highest BCUT2D eigenvalue weighted by Gasteiger charge is 2.29. The van der Waals surface area contributed by atoms with Crippen LogP contribution < -0.4 is 20.1 Å². The minimum absolute atomic E-state index is 0.0410. The number of hydrogen-bond donors (Lipinski definition) is 2. The first-order valence-electron chi connectivity index (χ1n) is 8.75. The predicted molar refractivity (Wildman–Crippen MR) is 103 cm³/mol. The Kier molecular flexibility index (Phi) is 7.81. The van der Waals surface area contributed by atoms with Gasteiger partial charge in [0.25, 0.3) is 0 Å². The molecule has 146 valence electrons. The second-order valence-corrected chi connectivity index (χ2v) is 7.96. The fourth-order valence-electron chi connectivity index (χ4n) is 2.78. The van der Waals surface area contributed by atoms with E-state index in [-0.39, 0.29) is 10.5 Å². The van der Waals surface area contributed by atoms with Gasteiger partial charge in [-0.1, -0.05) is 6.07 Å². The first kappa shape index (κ1) is 20.6. The summed E-state index contributed by atoms with van der Waals surface area (Å²) in [6, 6.07) is 4.94. The Labute approximate surface area is 157 Å². The molecule has 0 saturated carbocycles. The predicted octanol–water partition coefficient (Wildman–Crippen LogP) is 3.64. The number of guanidine groups is 1. The summed E-state index contributed by atoms with van der Waals surface area (Å²) >= 11 is 1.99. The fourth-order valence-corrected chi connectivity index (χ4v) is 4.02. The van der Waals surface area contributed by atoms with Crippen LogP contribution in [0.15, 0.2) is 23.2 Å². The van der Waals surface area contributed by atoms with Crippen LogP contribution >= 0.6 is 11.8 Å². The maximum atomic E-state index is 12.5. The smallest absolute Gasteiger partial charge is 0.387 e. The lowest BCUT2D eigenvalue weighted by Gasteiger charge is -2.24. The summed E-state index contributed by atoms with van der Waals surface area (Å²) in [5.74, 6) is 2.27. The van der Waals surface area contributed by atoms with Crippen molar-refractivity contribution in [3.63, 3.8) is 0 Å². The lowest BCUT2D eigenvalue weighted by atomic mass is 10.1. The third kappa shape index (κ3) is 6.23. The molecule has 1 aliphatic rings. The molecule has 0 bridgehead atoms. The molecule has 0 aromatic heterocycles. The number of rotatable bonds is 8. The molecular weight excluding hydrogens is 360 g/mol. The monoisotopic (exact) mass is 387 g/mol. The molecule has 0 radical (unpaired) electrons. The Hall–Kier alpha value is -1.70. The highest BCUT2D eigenvalue weighted by Crippen LogP contribution is 2.36. The number of halogens is 2. The average molecular weight is 387 g/mol. The zero-order valence-corrected chi connectivity index (χ0v) is 16.3.